The molecule has 0 amide bonds. The van der Waals surface area contributed by atoms with Crippen LogP contribution < -0.4 is 4.72 Å². The van der Waals surface area contributed by atoms with Gasteiger partial charge in [0.15, 0.2) is 10.7 Å². The number of aromatic nitrogens is 4. The first kappa shape index (κ1) is 16.1. The molecule has 0 bridgehead atoms. The Kier molecular flexibility index (Phi) is 4.20. The van der Waals surface area contributed by atoms with Crippen LogP contribution in [0.15, 0.2) is 47.9 Å². The molecule has 1 N–H and O–H groups in total. The molecule has 8 nitrogen and oxygen atoms in total. The van der Waals surface area contributed by atoms with Crippen LogP contribution in [-0.2, 0) is 14.8 Å². The zero-order chi connectivity index (χ0) is 17.3. The molecule has 25 heavy (non-hydrogen) atoms. The summed E-state index contributed by atoms with van der Waals surface area (Å²) in [6.45, 7) is 0.926. The molecular weight excluding hydrogens is 342 g/mol. The lowest BCUT2D eigenvalue weighted by atomic mass is 10.2. The number of rotatable bonds is 5. The van der Waals surface area contributed by atoms with Gasteiger partial charge in [0.2, 0.25) is 0 Å². The van der Waals surface area contributed by atoms with Crippen molar-refractivity contribution in [1.29, 1.82) is 0 Å². The van der Waals surface area contributed by atoms with E-state index >= 15 is 0 Å². The van der Waals surface area contributed by atoms with Crippen molar-refractivity contribution in [2.75, 3.05) is 13.2 Å². The molecule has 1 fully saturated rings. The lowest BCUT2D eigenvalue weighted by Crippen LogP contribution is -2.32. The molecule has 1 atom stereocenters. The molecule has 4 rings (SSSR count). The maximum atomic E-state index is 12.6. The molecule has 3 aromatic heterocycles. The fourth-order valence-electron chi connectivity index (χ4n) is 2.79. The van der Waals surface area contributed by atoms with E-state index in [9.17, 15) is 8.42 Å². The van der Waals surface area contributed by atoms with Crippen LogP contribution in [0, 0.1) is 0 Å². The lowest BCUT2D eigenvalue weighted by Gasteiger charge is -2.11. The van der Waals surface area contributed by atoms with Crippen LogP contribution in [0.2, 0.25) is 0 Å². The maximum Gasteiger partial charge on any atom is 0.259 e. The van der Waals surface area contributed by atoms with Crippen molar-refractivity contribution in [3.63, 3.8) is 0 Å². The summed E-state index contributed by atoms with van der Waals surface area (Å²) in [5.41, 5.74) is 1.88. The molecule has 0 radical (unpaired) electrons. The maximum absolute atomic E-state index is 12.6. The Balaban J connectivity index is 1.67. The number of ether oxygens (including phenoxy) is 1. The van der Waals surface area contributed by atoms with Gasteiger partial charge in [-0.15, -0.1) is 0 Å². The van der Waals surface area contributed by atoms with Gasteiger partial charge in [-0.2, -0.15) is 5.10 Å². The zero-order valence-electron chi connectivity index (χ0n) is 13.4. The molecule has 1 aliphatic heterocycles. The SMILES string of the molecule is O=S(=O)(NCC1CCCO1)c1cnc2ccc(-c3cccnc3)nn12. The first-order valence-electron chi connectivity index (χ1n) is 8.00. The molecule has 0 spiro atoms. The molecule has 3 aromatic rings. The van der Waals surface area contributed by atoms with E-state index in [1.165, 1.54) is 10.7 Å². The number of hydrogen-bond donors (Lipinski definition) is 1. The van der Waals surface area contributed by atoms with Crippen LogP contribution in [0.4, 0.5) is 0 Å². The van der Waals surface area contributed by atoms with Crippen LogP contribution in [0.3, 0.4) is 0 Å². The van der Waals surface area contributed by atoms with Crippen molar-refractivity contribution in [2.45, 2.75) is 24.0 Å². The van der Waals surface area contributed by atoms with Gasteiger partial charge >= 0.3 is 0 Å². The van der Waals surface area contributed by atoms with E-state index in [1.54, 1.807) is 30.6 Å². The van der Waals surface area contributed by atoms with Crippen molar-refractivity contribution in [1.82, 2.24) is 24.3 Å². The van der Waals surface area contributed by atoms with Gasteiger partial charge in [0.1, 0.15) is 0 Å². The number of pyridine rings is 1. The molecule has 1 unspecified atom stereocenters. The number of nitrogens with zero attached hydrogens (tertiary/aromatic N) is 4. The Morgan fingerprint density at radius 3 is 2.96 bits per heavy atom. The minimum Gasteiger partial charge on any atom is -0.377 e. The Morgan fingerprint density at radius 1 is 1.28 bits per heavy atom. The molecule has 130 valence electrons. The van der Waals surface area contributed by atoms with Gasteiger partial charge in [0, 0.05) is 31.1 Å². The van der Waals surface area contributed by atoms with Gasteiger partial charge in [-0.05, 0) is 37.1 Å². The van der Waals surface area contributed by atoms with Gasteiger partial charge < -0.3 is 4.74 Å². The smallest absolute Gasteiger partial charge is 0.259 e. The summed E-state index contributed by atoms with van der Waals surface area (Å²) in [7, 11) is -3.74. The van der Waals surface area contributed by atoms with Crippen LogP contribution in [0.5, 0.6) is 0 Å². The highest BCUT2D eigenvalue weighted by molar-refractivity contribution is 7.89. The van der Waals surface area contributed by atoms with E-state index in [4.69, 9.17) is 4.74 Å². The van der Waals surface area contributed by atoms with Gasteiger partial charge in [0.05, 0.1) is 18.0 Å². The predicted octanol–water partition coefficient (Wildman–Crippen LogP) is 1.25. The van der Waals surface area contributed by atoms with E-state index in [0.29, 0.717) is 17.9 Å². The standard InChI is InChI=1S/C16H17N5O3S/c22-25(23,19-10-13-4-2-8-24-13)16-11-18-15-6-5-14(20-21(15)16)12-3-1-7-17-9-12/h1,3,5-7,9,11,13,19H,2,4,8,10H2. The average molecular weight is 359 g/mol. The summed E-state index contributed by atoms with van der Waals surface area (Å²) < 4.78 is 34.6. The van der Waals surface area contributed by atoms with E-state index in [1.807, 2.05) is 6.07 Å². The van der Waals surface area contributed by atoms with E-state index in [-0.39, 0.29) is 17.7 Å². The van der Waals surface area contributed by atoms with Crippen molar-refractivity contribution in [3.05, 3.63) is 42.9 Å². The van der Waals surface area contributed by atoms with Gasteiger partial charge in [-0.3, -0.25) is 4.98 Å². The number of imidazole rings is 1. The second-order valence-electron chi connectivity index (χ2n) is 5.81. The summed E-state index contributed by atoms with van der Waals surface area (Å²) >= 11 is 0. The molecule has 1 aliphatic rings. The van der Waals surface area contributed by atoms with Crippen LogP contribution in [-0.4, -0.2) is 47.3 Å². The zero-order valence-corrected chi connectivity index (χ0v) is 14.2. The largest absolute Gasteiger partial charge is 0.377 e. The molecule has 9 heteroatoms. The Labute approximate surface area is 144 Å². The van der Waals surface area contributed by atoms with E-state index in [2.05, 4.69) is 19.8 Å². The summed E-state index contributed by atoms with van der Waals surface area (Å²) in [4.78, 5) is 8.20. The van der Waals surface area contributed by atoms with Crippen LogP contribution >= 0.6 is 0 Å². The third-order valence-electron chi connectivity index (χ3n) is 4.09. The first-order chi connectivity index (χ1) is 12.1. The minimum atomic E-state index is -3.74. The number of sulfonamides is 1. The normalized spacial score (nSPS) is 18.0. The number of fused-ring (bicyclic) bond motifs is 1. The molecule has 0 aromatic carbocycles. The highest BCUT2D eigenvalue weighted by atomic mass is 32.2. The lowest BCUT2D eigenvalue weighted by molar-refractivity contribution is 0.114. The Bertz CT molecular complexity index is 981. The van der Waals surface area contributed by atoms with E-state index < -0.39 is 10.0 Å². The number of hydrogen-bond acceptors (Lipinski definition) is 6. The predicted molar refractivity (Wildman–Crippen MR) is 90.4 cm³/mol. The fraction of sp³-hybridized carbons (Fsp3) is 0.312. The average Bonchev–Trinajstić information content (AvgIpc) is 3.30. The number of nitrogens with one attached hydrogen (secondary N) is 1. The van der Waals surface area contributed by atoms with Crippen molar-refractivity contribution in [3.8, 4) is 11.3 Å². The highest BCUT2D eigenvalue weighted by Crippen LogP contribution is 2.18. The van der Waals surface area contributed by atoms with Gasteiger partial charge in [0.25, 0.3) is 10.0 Å². The summed E-state index contributed by atoms with van der Waals surface area (Å²) in [5, 5.41) is 4.42. The van der Waals surface area contributed by atoms with Crippen molar-refractivity contribution < 1.29 is 13.2 Å². The minimum absolute atomic E-state index is 0.00578. The van der Waals surface area contributed by atoms with Crippen LogP contribution in [0.1, 0.15) is 12.8 Å². The molecule has 0 saturated carbocycles. The second-order valence-corrected chi connectivity index (χ2v) is 7.53. The summed E-state index contributed by atoms with van der Waals surface area (Å²) in [6, 6.07) is 7.18. The topological polar surface area (TPSA) is 98.5 Å². The molecule has 0 aliphatic carbocycles. The van der Waals surface area contributed by atoms with Crippen molar-refractivity contribution in [2.24, 2.45) is 0 Å². The highest BCUT2D eigenvalue weighted by Gasteiger charge is 2.23. The quantitative estimate of drug-likeness (QED) is 0.736. The molecule has 1 saturated heterocycles. The third-order valence-corrected chi connectivity index (χ3v) is 5.46. The molecule has 4 heterocycles. The third kappa shape index (κ3) is 3.26. The first-order valence-corrected chi connectivity index (χ1v) is 9.48. The molecular formula is C16H17N5O3S. The van der Waals surface area contributed by atoms with Crippen LogP contribution in [0.25, 0.3) is 16.9 Å². The van der Waals surface area contributed by atoms with E-state index in [0.717, 1.165) is 18.4 Å². The van der Waals surface area contributed by atoms with Gasteiger partial charge in [-0.25, -0.2) is 22.6 Å². The summed E-state index contributed by atoms with van der Waals surface area (Å²) in [5.74, 6) is 0. The Hall–Kier alpha value is -2.36. The Morgan fingerprint density at radius 2 is 2.20 bits per heavy atom. The van der Waals surface area contributed by atoms with Gasteiger partial charge in [-0.1, -0.05) is 0 Å². The second kappa shape index (κ2) is 6.51. The summed E-state index contributed by atoms with van der Waals surface area (Å²) in [6.07, 6.45) is 6.40. The monoisotopic (exact) mass is 359 g/mol. The fourth-order valence-corrected chi connectivity index (χ4v) is 3.89. The van der Waals surface area contributed by atoms with Crippen molar-refractivity contribution >= 4 is 15.7 Å².